The van der Waals surface area contributed by atoms with Gasteiger partial charge in [0.1, 0.15) is 24.4 Å². The first kappa shape index (κ1) is 68.4. The molecule has 0 bridgehead atoms. The second kappa shape index (κ2) is 50.2. The van der Waals surface area contributed by atoms with Gasteiger partial charge in [-0.2, -0.15) is 0 Å². The van der Waals surface area contributed by atoms with Gasteiger partial charge in [-0.15, -0.1) is 0 Å². The minimum atomic E-state index is -1.62. The maximum absolute atomic E-state index is 13.4. The summed E-state index contributed by atoms with van der Waals surface area (Å²) in [6.45, 7) is 5.73. The number of hydrogen-bond donors (Lipinski definition) is 6. The summed E-state index contributed by atoms with van der Waals surface area (Å²) < 4.78 is 17.6. The predicted molar refractivity (Wildman–Crippen MR) is 301 cm³/mol. The molecule has 1 rings (SSSR count). The van der Waals surface area contributed by atoms with Crippen molar-refractivity contribution in [1.82, 2.24) is 5.32 Å². The number of allylic oxidation sites excluding steroid dienone is 9. The zero-order valence-corrected chi connectivity index (χ0v) is 46.7. The molecule has 1 fully saturated rings. The lowest BCUT2D eigenvalue weighted by Crippen LogP contribution is -2.61. The van der Waals surface area contributed by atoms with Crippen molar-refractivity contribution in [1.29, 1.82) is 0 Å². The summed E-state index contributed by atoms with van der Waals surface area (Å²) in [6.07, 6.45) is 51.1. The van der Waals surface area contributed by atoms with Crippen LogP contribution in [0.1, 0.15) is 258 Å². The average Bonchev–Trinajstić information content (AvgIpc) is 3.39. The number of ether oxygens (including phenoxy) is 3. The normalized spacial score (nSPS) is 19.8. The number of unbranched alkanes of at least 4 members (excludes halogenated alkanes) is 28. The van der Waals surface area contributed by atoms with E-state index in [4.69, 9.17) is 14.2 Å². The topological polar surface area (TPSA) is 175 Å². The Morgan fingerprint density at radius 2 is 0.945 bits per heavy atom. The predicted octanol–water partition coefficient (Wildman–Crippen LogP) is 13.8. The molecule has 8 unspecified atom stereocenters. The Kier molecular flexibility index (Phi) is 47.0. The zero-order valence-electron chi connectivity index (χ0n) is 46.7. The molecule has 0 radical (unpaired) electrons. The Labute approximate surface area is 446 Å². The van der Waals surface area contributed by atoms with E-state index in [1.54, 1.807) is 6.08 Å². The van der Waals surface area contributed by atoms with Crippen LogP contribution in [0.15, 0.2) is 60.8 Å². The van der Waals surface area contributed by atoms with Gasteiger partial charge in [0.25, 0.3) is 0 Å². The van der Waals surface area contributed by atoms with Gasteiger partial charge >= 0.3 is 5.97 Å². The number of rotatable bonds is 50. The lowest BCUT2D eigenvalue weighted by molar-refractivity contribution is -0.305. The maximum atomic E-state index is 13.4. The quantitative estimate of drug-likeness (QED) is 0.0195. The van der Waals surface area contributed by atoms with Gasteiger partial charge in [0.05, 0.1) is 25.4 Å². The summed E-state index contributed by atoms with van der Waals surface area (Å²) in [4.78, 5) is 26.5. The standard InChI is InChI=1S/C62H111NO10/c1-4-7-10-13-16-19-22-25-26-27-28-29-30-32-35-38-41-44-47-50-57(67)73-60-59(69)58(68)56(51-64)72-62(60)71-52-53(54(65)48-45-42-39-36-33-24-21-18-15-12-9-6-3)63-61(70)55(66)49-46-43-40-37-34-31-23-20-17-14-11-8-5-2/h16,19,25-26,28-29,34,37,45,48,53-56,58-60,62,64-66,68-69H,4-15,17-18,20-24,27,30-33,35-36,38-44,46-47,49-52H2,1-3H3,(H,63,70)/b19-16-,26-25-,29-28-,37-34-,48-45+. The van der Waals surface area contributed by atoms with Crippen LogP contribution in [0.4, 0.5) is 0 Å². The Bertz CT molecular complexity index is 1420. The molecule has 0 aliphatic carbocycles. The SMILES string of the molecule is CCCCC/C=C\C/C=C\C/C=C\CCCCCCCCC(=O)OC1C(OCC(NC(=O)C(O)CCCC/C=C\CCCCCCCCC)C(O)/C=C/CCCCCCCCCCCC)OC(CO)C(O)C1O. The van der Waals surface area contributed by atoms with E-state index in [9.17, 15) is 35.1 Å². The second-order valence-corrected chi connectivity index (χ2v) is 20.7. The van der Waals surface area contributed by atoms with Crippen LogP contribution in [0.3, 0.4) is 0 Å². The van der Waals surface area contributed by atoms with Gasteiger partial charge in [0.15, 0.2) is 12.4 Å². The van der Waals surface area contributed by atoms with Crippen LogP contribution in [-0.2, 0) is 23.8 Å². The molecule has 1 aliphatic rings. The fraction of sp³-hybridized carbons (Fsp3) is 0.806. The summed E-state index contributed by atoms with van der Waals surface area (Å²) in [5.41, 5.74) is 0. The van der Waals surface area contributed by atoms with Crippen LogP contribution < -0.4 is 5.32 Å². The summed E-state index contributed by atoms with van der Waals surface area (Å²) in [5.74, 6) is -1.22. The molecule has 1 heterocycles. The third-order valence-corrected chi connectivity index (χ3v) is 13.9. The van der Waals surface area contributed by atoms with E-state index >= 15 is 0 Å². The maximum Gasteiger partial charge on any atom is 0.306 e. The van der Waals surface area contributed by atoms with E-state index in [0.29, 0.717) is 12.8 Å². The molecule has 0 aromatic rings. The van der Waals surface area contributed by atoms with Gasteiger partial charge in [-0.1, -0.05) is 223 Å². The first-order chi connectivity index (χ1) is 35.7. The van der Waals surface area contributed by atoms with Gasteiger partial charge in [-0.3, -0.25) is 9.59 Å². The van der Waals surface area contributed by atoms with Crippen molar-refractivity contribution >= 4 is 11.9 Å². The number of nitrogens with one attached hydrogen (secondary N) is 1. The number of carbonyl (C=O) groups is 2. The number of amides is 1. The van der Waals surface area contributed by atoms with Crippen molar-refractivity contribution in [2.24, 2.45) is 0 Å². The number of aliphatic hydroxyl groups excluding tert-OH is 5. The lowest BCUT2D eigenvalue weighted by atomic mass is 9.99. The zero-order chi connectivity index (χ0) is 53.3. The summed E-state index contributed by atoms with van der Waals surface area (Å²) in [6, 6.07) is -1.03. The molecule has 1 saturated heterocycles. The first-order valence-corrected chi connectivity index (χ1v) is 30.1. The van der Waals surface area contributed by atoms with E-state index < -0.39 is 67.4 Å². The lowest BCUT2D eigenvalue weighted by Gasteiger charge is -2.41. The van der Waals surface area contributed by atoms with Crippen molar-refractivity contribution in [2.45, 2.75) is 307 Å². The summed E-state index contributed by atoms with van der Waals surface area (Å²) in [5, 5.41) is 56.8. The Balaban J connectivity index is 2.71. The molecule has 6 N–H and O–H groups in total. The van der Waals surface area contributed by atoms with Crippen LogP contribution in [-0.4, -0.2) is 99.6 Å². The minimum absolute atomic E-state index is 0.106. The number of hydrogen-bond acceptors (Lipinski definition) is 10. The van der Waals surface area contributed by atoms with Crippen LogP contribution in [0.2, 0.25) is 0 Å². The highest BCUT2D eigenvalue weighted by Gasteiger charge is 2.47. The van der Waals surface area contributed by atoms with Gasteiger partial charge in [0, 0.05) is 6.42 Å². The van der Waals surface area contributed by atoms with Crippen molar-refractivity contribution in [2.75, 3.05) is 13.2 Å². The third kappa shape index (κ3) is 38.5. The monoisotopic (exact) mass is 1030 g/mol. The van der Waals surface area contributed by atoms with E-state index in [1.165, 1.54) is 122 Å². The Morgan fingerprint density at radius 3 is 1.45 bits per heavy atom. The van der Waals surface area contributed by atoms with Crippen LogP contribution in [0.25, 0.3) is 0 Å². The highest BCUT2D eigenvalue weighted by Crippen LogP contribution is 2.26. The van der Waals surface area contributed by atoms with Crippen LogP contribution in [0.5, 0.6) is 0 Å². The molecule has 0 aromatic heterocycles. The average molecular weight is 1030 g/mol. The fourth-order valence-corrected chi connectivity index (χ4v) is 9.06. The highest BCUT2D eigenvalue weighted by molar-refractivity contribution is 5.80. The van der Waals surface area contributed by atoms with Crippen molar-refractivity contribution in [3.05, 3.63) is 60.8 Å². The Hall–Kier alpha value is -2.64. The summed E-state index contributed by atoms with van der Waals surface area (Å²) >= 11 is 0. The molecule has 1 aliphatic heterocycles. The molecule has 0 saturated carbocycles. The van der Waals surface area contributed by atoms with Gasteiger partial charge < -0.3 is 45.1 Å². The molecule has 11 heteroatoms. The minimum Gasteiger partial charge on any atom is -0.454 e. The molecule has 0 spiro atoms. The van der Waals surface area contributed by atoms with Crippen molar-refractivity contribution in [3.8, 4) is 0 Å². The molecule has 424 valence electrons. The van der Waals surface area contributed by atoms with E-state index in [2.05, 4.69) is 74.7 Å². The van der Waals surface area contributed by atoms with E-state index in [0.717, 1.165) is 89.9 Å². The molecule has 73 heavy (non-hydrogen) atoms. The first-order valence-electron chi connectivity index (χ1n) is 30.1. The number of esters is 1. The molecule has 0 aromatic carbocycles. The largest absolute Gasteiger partial charge is 0.454 e. The molecule has 8 atom stereocenters. The van der Waals surface area contributed by atoms with Crippen LogP contribution in [0, 0.1) is 0 Å². The van der Waals surface area contributed by atoms with Crippen molar-refractivity contribution < 1.29 is 49.3 Å². The van der Waals surface area contributed by atoms with Crippen LogP contribution >= 0.6 is 0 Å². The van der Waals surface area contributed by atoms with Gasteiger partial charge in [0.2, 0.25) is 5.91 Å². The molecule has 11 nitrogen and oxygen atoms in total. The number of carbonyl (C=O) groups excluding carboxylic acids is 2. The van der Waals surface area contributed by atoms with Gasteiger partial charge in [-0.05, 0) is 89.9 Å². The van der Waals surface area contributed by atoms with E-state index in [1.807, 2.05) is 6.08 Å². The third-order valence-electron chi connectivity index (χ3n) is 13.9. The smallest absolute Gasteiger partial charge is 0.306 e. The number of aliphatic hydroxyl groups is 5. The molecular weight excluding hydrogens is 919 g/mol. The Morgan fingerprint density at radius 1 is 0.534 bits per heavy atom. The fourth-order valence-electron chi connectivity index (χ4n) is 9.06. The van der Waals surface area contributed by atoms with Gasteiger partial charge in [-0.25, -0.2) is 0 Å². The second-order valence-electron chi connectivity index (χ2n) is 20.7. The van der Waals surface area contributed by atoms with Crippen molar-refractivity contribution in [3.63, 3.8) is 0 Å². The summed E-state index contributed by atoms with van der Waals surface area (Å²) in [7, 11) is 0. The molecule has 1 amide bonds. The highest BCUT2D eigenvalue weighted by atomic mass is 16.7. The van der Waals surface area contributed by atoms with E-state index in [-0.39, 0.29) is 19.4 Å². The molecular formula is C62H111NO10.